The van der Waals surface area contributed by atoms with Crippen molar-refractivity contribution < 1.29 is 22.0 Å². The van der Waals surface area contributed by atoms with E-state index in [4.69, 9.17) is 4.74 Å². The lowest BCUT2D eigenvalue weighted by Gasteiger charge is -2.31. The van der Waals surface area contributed by atoms with Gasteiger partial charge in [-0.15, -0.1) is 0 Å². The predicted molar refractivity (Wildman–Crippen MR) is 124 cm³/mol. The van der Waals surface area contributed by atoms with Crippen LogP contribution in [-0.4, -0.2) is 7.25 Å². The molecule has 0 aliphatic carbocycles. The van der Waals surface area contributed by atoms with Crippen LogP contribution in [0.3, 0.4) is 0 Å². The van der Waals surface area contributed by atoms with Gasteiger partial charge in [0.25, 0.3) is 0 Å². The fraction of sp³-hybridized carbons (Fsp3) is 0. The Morgan fingerprint density at radius 3 is 1.53 bits per heavy atom. The zero-order valence-corrected chi connectivity index (χ0v) is 18.4. The molecule has 4 aromatic carbocycles. The van der Waals surface area contributed by atoms with Crippen LogP contribution in [0.4, 0.5) is 17.3 Å². The van der Waals surface area contributed by atoms with Crippen molar-refractivity contribution in [1.82, 2.24) is 0 Å². The van der Waals surface area contributed by atoms with Crippen LogP contribution in [0.15, 0.2) is 128 Å². The quantitative estimate of drug-likeness (QED) is 0.159. The van der Waals surface area contributed by atoms with Crippen molar-refractivity contribution in [3.63, 3.8) is 0 Å². The van der Waals surface area contributed by atoms with Gasteiger partial charge in [0, 0.05) is 19.6 Å². The molecule has 32 heavy (non-hydrogen) atoms. The van der Waals surface area contributed by atoms with E-state index < -0.39 is 18.1 Å². The van der Waals surface area contributed by atoms with Crippen LogP contribution >= 0.6 is 22.7 Å². The number of ether oxygens (including phenoxy) is 1. The number of hydrogen-bond acceptors (Lipinski definition) is 2. The minimum absolute atomic E-state index is 0.547. The summed E-state index contributed by atoms with van der Waals surface area (Å²) in [5.74, 6) is 1.73. The minimum Gasteiger partial charge on any atom is -0.457 e. The molecule has 164 valence electrons. The summed E-state index contributed by atoms with van der Waals surface area (Å²) in [7, 11) is -6.55. The Kier molecular flexibility index (Phi) is 6.81. The molecule has 0 radical (unpaired) electrons. The van der Waals surface area contributed by atoms with Crippen LogP contribution in [0, 0.1) is 0 Å². The van der Waals surface area contributed by atoms with Gasteiger partial charge in [0.1, 0.15) is 11.5 Å². The smallest absolute Gasteiger partial charge is 0.457 e. The molecule has 1 aliphatic heterocycles. The van der Waals surface area contributed by atoms with Crippen molar-refractivity contribution >= 4 is 29.9 Å². The summed E-state index contributed by atoms with van der Waals surface area (Å²) in [6.07, 6.45) is 0. The normalized spacial score (nSPS) is 13.3. The second kappa shape index (κ2) is 9.75. The van der Waals surface area contributed by atoms with Crippen molar-refractivity contribution in [2.45, 2.75) is 24.5 Å². The monoisotopic (exact) mass is 473 g/mol. The molecule has 0 spiro atoms. The average molecular weight is 473 g/mol. The molecule has 5 rings (SSSR count). The van der Waals surface area contributed by atoms with Crippen LogP contribution in [-0.2, 0) is 0 Å². The molecule has 0 saturated carbocycles. The van der Waals surface area contributed by atoms with Gasteiger partial charge in [0.2, 0.25) is 0 Å². The number of rotatable bonds is 3. The number of fused-ring (bicyclic) bond motifs is 2. The van der Waals surface area contributed by atoms with Gasteiger partial charge in [-0.1, -0.05) is 54.2 Å². The van der Waals surface area contributed by atoms with E-state index in [1.807, 2.05) is 42.1 Å². The maximum absolute atomic E-state index is 9.75. The van der Waals surface area contributed by atoms with E-state index in [9.17, 15) is 17.3 Å². The topological polar surface area (TPSA) is 9.23 Å². The number of benzene rings is 4. The van der Waals surface area contributed by atoms with Gasteiger partial charge in [0.15, 0.2) is 0 Å². The minimum atomic E-state index is -6.00. The first-order chi connectivity index (χ1) is 15.4. The highest BCUT2D eigenvalue weighted by atomic mass is 32.2. The zero-order valence-electron chi connectivity index (χ0n) is 16.7. The standard InChI is InChI=1S/C24H18OS2.BF4/c1-2-8-18(9-3-1)25-19-14-16-20(17-15-19)27-23-12-6-4-10-21(23)26-22-11-5-7-13-24(22)27;2-1(3,4)5/h1-17,27H;/q;-1. The Balaban J connectivity index is 0.000000444. The molecule has 0 fully saturated rings. The Morgan fingerprint density at radius 2 is 1.00 bits per heavy atom. The molecule has 8 heteroatoms. The van der Waals surface area contributed by atoms with Crippen LogP contribution in [0.2, 0.25) is 0 Å². The third-order valence-corrected chi connectivity index (χ3v) is 8.52. The van der Waals surface area contributed by atoms with E-state index >= 15 is 0 Å². The largest absolute Gasteiger partial charge is 0.673 e. The highest BCUT2D eigenvalue weighted by Crippen LogP contribution is 2.61. The van der Waals surface area contributed by atoms with Gasteiger partial charge < -0.3 is 22.0 Å². The lowest BCUT2D eigenvalue weighted by atomic mass is 10.3. The summed E-state index contributed by atoms with van der Waals surface area (Å²) in [6.45, 7) is 0. The van der Waals surface area contributed by atoms with Gasteiger partial charge in [-0.05, 0) is 65.6 Å². The first kappa shape index (κ1) is 22.4. The highest BCUT2D eigenvalue weighted by Gasteiger charge is 2.24. The molecular weight excluding hydrogens is 455 g/mol. The van der Waals surface area contributed by atoms with E-state index in [0.717, 1.165) is 11.5 Å². The molecule has 0 unspecified atom stereocenters. The van der Waals surface area contributed by atoms with Crippen LogP contribution < -0.4 is 4.74 Å². The first-order valence-corrected chi connectivity index (χ1v) is 11.9. The molecule has 1 aliphatic rings. The third-order valence-electron chi connectivity index (χ3n) is 4.51. The molecule has 0 N–H and O–H groups in total. The lowest BCUT2D eigenvalue weighted by molar-refractivity contribution is 0.368. The second-order valence-electron chi connectivity index (χ2n) is 6.78. The summed E-state index contributed by atoms with van der Waals surface area (Å²) in [4.78, 5) is 6.96. The number of thiol groups is 1. The molecule has 1 heterocycles. The van der Waals surface area contributed by atoms with Crippen molar-refractivity contribution in [3.8, 4) is 11.5 Å². The van der Waals surface area contributed by atoms with Crippen molar-refractivity contribution in [2.24, 2.45) is 0 Å². The molecule has 4 aromatic rings. The summed E-state index contributed by atoms with van der Waals surface area (Å²) < 4.78 is 45.0. The number of halogens is 4. The number of hydrogen-bond donors (Lipinski definition) is 1. The van der Waals surface area contributed by atoms with Gasteiger partial charge in [0.05, 0.1) is 0 Å². The van der Waals surface area contributed by atoms with Crippen LogP contribution in [0.25, 0.3) is 0 Å². The van der Waals surface area contributed by atoms with Gasteiger partial charge in [-0.2, -0.15) is 10.9 Å². The molecule has 0 saturated heterocycles. The predicted octanol–water partition coefficient (Wildman–Crippen LogP) is 8.72. The highest BCUT2D eigenvalue weighted by molar-refractivity contribution is 8.18. The Hall–Kier alpha value is -2.84. The molecule has 0 atom stereocenters. The lowest BCUT2D eigenvalue weighted by Crippen LogP contribution is -2.02. The van der Waals surface area contributed by atoms with E-state index in [1.54, 1.807) is 0 Å². The summed E-state index contributed by atoms with van der Waals surface area (Å²) in [5.41, 5.74) is 0. The zero-order chi connectivity index (χ0) is 22.6. The fourth-order valence-corrected chi connectivity index (χ4v) is 7.29. The Morgan fingerprint density at radius 1 is 0.562 bits per heavy atom. The maximum atomic E-state index is 9.75. The van der Waals surface area contributed by atoms with E-state index in [0.29, 0.717) is 0 Å². The Labute approximate surface area is 190 Å². The molecule has 1 nitrogen and oxygen atoms in total. The van der Waals surface area contributed by atoms with Crippen molar-refractivity contribution in [3.05, 3.63) is 103 Å². The Bertz CT molecular complexity index is 1130. The van der Waals surface area contributed by atoms with Crippen molar-refractivity contribution in [1.29, 1.82) is 0 Å². The third kappa shape index (κ3) is 5.69. The molecule has 0 amide bonds. The van der Waals surface area contributed by atoms with E-state index in [1.165, 1.54) is 24.5 Å². The van der Waals surface area contributed by atoms with Crippen molar-refractivity contribution in [2.75, 3.05) is 0 Å². The number of para-hydroxylation sites is 1. The van der Waals surface area contributed by atoms with Crippen LogP contribution in [0.5, 0.6) is 11.5 Å². The second-order valence-corrected chi connectivity index (χ2v) is 10.0. The van der Waals surface area contributed by atoms with Crippen LogP contribution in [0.1, 0.15) is 0 Å². The maximum Gasteiger partial charge on any atom is 0.673 e. The average Bonchev–Trinajstić information content (AvgIpc) is 2.78. The van der Waals surface area contributed by atoms with E-state index in [-0.39, 0.29) is 0 Å². The SMILES string of the molecule is F[B-](F)(F)F.c1ccc(Oc2ccc([SH]3c4ccccc4Sc4ccccc43)cc2)cc1. The fourth-order valence-electron chi connectivity index (χ4n) is 3.27. The summed E-state index contributed by atoms with van der Waals surface area (Å²) in [6, 6.07) is 36.1. The molecule has 0 bridgehead atoms. The van der Waals surface area contributed by atoms with Gasteiger partial charge >= 0.3 is 7.25 Å². The van der Waals surface area contributed by atoms with Gasteiger partial charge in [-0.25, -0.2) is 0 Å². The van der Waals surface area contributed by atoms with Gasteiger partial charge in [-0.3, -0.25) is 0 Å². The molecule has 0 aromatic heterocycles. The molecular formula is C24H18BF4OS2-. The summed E-state index contributed by atoms with van der Waals surface area (Å²) >= 11 is 1.88. The van der Waals surface area contributed by atoms with E-state index in [2.05, 4.69) is 72.8 Å². The first-order valence-electron chi connectivity index (χ1n) is 9.75. The summed E-state index contributed by atoms with van der Waals surface area (Å²) in [5, 5.41) is 0.